The van der Waals surface area contributed by atoms with Crippen molar-refractivity contribution >= 4 is 16.7 Å². The molecule has 0 atom stereocenters. The Hall–Kier alpha value is -2.62. The molecule has 1 heterocycles. The van der Waals surface area contributed by atoms with Crippen molar-refractivity contribution in [2.45, 2.75) is 6.61 Å². The molecule has 4 nitrogen and oxygen atoms in total. The summed E-state index contributed by atoms with van der Waals surface area (Å²) in [6, 6.07) is 14.9. The van der Waals surface area contributed by atoms with E-state index >= 15 is 0 Å². The van der Waals surface area contributed by atoms with E-state index in [2.05, 4.69) is 0 Å². The molecule has 0 fully saturated rings. The Balaban J connectivity index is 1.74. The van der Waals surface area contributed by atoms with Gasteiger partial charge in [0.2, 0.25) is 0 Å². The average molecular weight is 269 g/mol. The summed E-state index contributed by atoms with van der Waals surface area (Å²) >= 11 is 0. The molecule has 4 heteroatoms. The molecule has 0 saturated carbocycles. The molecule has 2 aromatic carbocycles. The van der Waals surface area contributed by atoms with E-state index in [-0.39, 0.29) is 0 Å². The van der Waals surface area contributed by atoms with Gasteiger partial charge in [0.1, 0.15) is 29.4 Å². The van der Waals surface area contributed by atoms with Gasteiger partial charge in [-0.2, -0.15) is 0 Å². The second-order valence-electron chi connectivity index (χ2n) is 4.44. The molecule has 102 valence electrons. The lowest BCUT2D eigenvalue weighted by Crippen LogP contribution is -1.93. The van der Waals surface area contributed by atoms with Crippen LogP contribution < -0.4 is 15.2 Å². The number of nitrogens with two attached hydrogens (primary N) is 1. The number of rotatable bonds is 4. The Kier molecular flexibility index (Phi) is 3.21. The van der Waals surface area contributed by atoms with E-state index in [1.54, 1.807) is 7.11 Å². The SMILES string of the molecule is COc1ccc(OCc2cc3c(N)cccc3o2)cc1. The summed E-state index contributed by atoms with van der Waals surface area (Å²) in [7, 11) is 1.63. The summed E-state index contributed by atoms with van der Waals surface area (Å²) in [6.45, 7) is 0.362. The van der Waals surface area contributed by atoms with E-state index in [0.717, 1.165) is 28.2 Å². The second-order valence-corrected chi connectivity index (χ2v) is 4.44. The van der Waals surface area contributed by atoms with Gasteiger partial charge < -0.3 is 19.6 Å². The fraction of sp³-hybridized carbons (Fsp3) is 0.125. The van der Waals surface area contributed by atoms with Crippen molar-refractivity contribution in [3.63, 3.8) is 0 Å². The number of hydrogen-bond acceptors (Lipinski definition) is 4. The van der Waals surface area contributed by atoms with Crippen LogP contribution in [0.1, 0.15) is 5.76 Å². The van der Waals surface area contributed by atoms with E-state index in [9.17, 15) is 0 Å². The van der Waals surface area contributed by atoms with Crippen molar-refractivity contribution in [2.75, 3.05) is 12.8 Å². The van der Waals surface area contributed by atoms with E-state index in [0.29, 0.717) is 12.3 Å². The summed E-state index contributed by atoms with van der Waals surface area (Å²) in [4.78, 5) is 0. The van der Waals surface area contributed by atoms with Gasteiger partial charge in [-0.25, -0.2) is 0 Å². The molecular weight excluding hydrogens is 254 g/mol. The number of furan rings is 1. The number of anilines is 1. The molecule has 0 aliphatic rings. The first-order chi connectivity index (χ1) is 9.76. The number of nitrogen functional groups attached to an aromatic ring is 1. The first kappa shape index (κ1) is 12.4. The maximum absolute atomic E-state index is 5.89. The highest BCUT2D eigenvalue weighted by molar-refractivity contribution is 5.89. The fourth-order valence-corrected chi connectivity index (χ4v) is 2.03. The van der Waals surface area contributed by atoms with Crippen LogP contribution in [-0.2, 0) is 6.61 Å². The van der Waals surface area contributed by atoms with Crippen LogP contribution in [0, 0.1) is 0 Å². The van der Waals surface area contributed by atoms with Crippen LogP contribution in [0.4, 0.5) is 5.69 Å². The van der Waals surface area contributed by atoms with Gasteiger partial charge in [-0.15, -0.1) is 0 Å². The molecule has 2 N–H and O–H groups in total. The standard InChI is InChI=1S/C16H15NO3/c1-18-11-5-7-12(8-6-11)19-10-13-9-14-15(17)3-2-4-16(14)20-13/h2-9H,10,17H2,1H3. The lowest BCUT2D eigenvalue weighted by Gasteiger charge is -2.05. The van der Waals surface area contributed by atoms with E-state index in [4.69, 9.17) is 19.6 Å². The van der Waals surface area contributed by atoms with Crippen LogP contribution >= 0.6 is 0 Å². The zero-order chi connectivity index (χ0) is 13.9. The molecule has 1 aromatic heterocycles. The van der Waals surface area contributed by atoms with E-state index < -0.39 is 0 Å². The van der Waals surface area contributed by atoms with Crippen molar-refractivity contribution in [2.24, 2.45) is 0 Å². The number of ether oxygens (including phenoxy) is 2. The summed E-state index contributed by atoms with van der Waals surface area (Å²) < 4.78 is 16.5. The first-order valence-electron chi connectivity index (χ1n) is 6.30. The Labute approximate surface area is 116 Å². The summed E-state index contributed by atoms with van der Waals surface area (Å²) in [5, 5.41) is 0.917. The number of hydrogen-bond donors (Lipinski definition) is 1. The van der Waals surface area contributed by atoms with Crippen molar-refractivity contribution in [3.05, 3.63) is 54.3 Å². The molecule has 0 spiro atoms. The largest absolute Gasteiger partial charge is 0.497 e. The summed E-state index contributed by atoms with van der Waals surface area (Å²) in [5.74, 6) is 2.31. The minimum Gasteiger partial charge on any atom is -0.497 e. The van der Waals surface area contributed by atoms with Gasteiger partial charge in [-0.1, -0.05) is 6.07 Å². The lowest BCUT2D eigenvalue weighted by atomic mass is 10.2. The maximum atomic E-state index is 5.89. The van der Waals surface area contributed by atoms with Crippen LogP contribution in [0.15, 0.2) is 52.9 Å². The number of benzene rings is 2. The third kappa shape index (κ3) is 2.40. The highest BCUT2D eigenvalue weighted by Crippen LogP contribution is 2.25. The fourth-order valence-electron chi connectivity index (χ4n) is 2.03. The topological polar surface area (TPSA) is 57.6 Å². The van der Waals surface area contributed by atoms with Gasteiger partial charge in [0.05, 0.1) is 7.11 Å². The zero-order valence-electron chi connectivity index (χ0n) is 11.1. The van der Waals surface area contributed by atoms with Gasteiger partial charge >= 0.3 is 0 Å². The highest BCUT2D eigenvalue weighted by atomic mass is 16.5. The number of methoxy groups -OCH3 is 1. The Morgan fingerprint density at radius 1 is 1.05 bits per heavy atom. The van der Waals surface area contributed by atoms with Crippen molar-refractivity contribution in [3.8, 4) is 11.5 Å². The molecule has 0 aliphatic heterocycles. The molecule has 20 heavy (non-hydrogen) atoms. The number of fused-ring (bicyclic) bond motifs is 1. The summed E-state index contributed by atoms with van der Waals surface area (Å²) in [6.07, 6.45) is 0. The molecule has 0 aliphatic carbocycles. The smallest absolute Gasteiger partial charge is 0.146 e. The van der Waals surface area contributed by atoms with Gasteiger partial charge in [0, 0.05) is 11.1 Å². The molecule has 3 rings (SSSR count). The van der Waals surface area contributed by atoms with Crippen molar-refractivity contribution < 1.29 is 13.9 Å². The molecule has 0 bridgehead atoms. The van der Waals surface area contributed by atoms with Crippen LogP contribution in [0.5, 0.6) is 11.5 Å². The van der Waals surface area contributed by atoms with Crippen LogP contribution in [0.2, 0.25) is 0 Å². The van der Waals surface area contributed by atoms with E-state index in [1.807, 2.05) is 48.5 Å². The molecule has 3 aromatic rings. The average Bonchev–Trinajstić information content (AvgIpc) is 2.90. The Bertz CT molecular complexity index is 716. The first-order valence-corrected chi connectivity index (χ1v) is 6.30. The quantitative estimate of drug-likeness (QED) is 0.735. The highest BCUT2D eigenvalue weighted by Gasteiger charge is 2.06. The minimum absolute atomic E-state index is 0.362. The van der Waals surface area contributed by atoms with Gasteiger partial charge in [0.15, 0.2) is 0 Å². The van der Waals surface area contributed by atoms with Crippen LogP contribution in [0.3, 0.4) is 0 Å². The molecule has 0 unspecified atom stereocenters. The zero-order valence-corrected chi connectivity index (χ0v) is 11.1. The predicted molar refractivity (Wildman–Crippen MR) is 78.0 cm³/mol. The Morgan fingerprint density at radius 3 is 2.50 bits per heavy atom. The van der Waals surface area contributed by atoms with Crippen LogP contribution in [0.25, 0.3) is 11.0 Å². The maximum Gasteiger partial charge on any atom is 0.146 e. The molecular formula is C16H15NO3. The van der Waals surface area contributed by atoms with E-state index in [1.165, 1.54) is 0 Å². The Morgan fingerprint density at radius 2 is 1.80 bits per heavy atom. The monoisotopic (exact) mass is 269 g/mol. The lowest BCUT2D eigenvalue weighted by molar-refractivity contribution is 0.274. The van der Waals surface area contributed by atoms with Gasteiger partial charge in [-0.05, 0) is 42.5 Å². The normalized spacial score (nSPS) is 10.7. The second kappa shape index (κ2) is 5.17. The van der Waals surface area contributed by atoms with Crippen LogP contribution in [-0.4, -0.2) is 7.11 Å². The third-order valence-electron chi connectivity index (χ3n) is 3.09. The van der Waals surface area contributed by atoms with Gasteiger partial charge in [0.25, 0.3) is 0 Å². The minimum atomic E-state index is 0.362. The summed E-state index contributed by atoms with van der Waals surface area (Å²) in [5.41, 5.74) is 7.38. The van der Waals surface area contributed by atoms with Gasteiger partial charge in [-0.3, -0.25) is 0 Å². The molecule has 0 radical (unpaired) electrons. The third-order valence-corrected chi connectivity index (χ3v) is 3.09. The molecule has 0 amide bonds. The van der Waals surface area contributed by atoms with Crippen molar-refractivity contribution in [1.29, 1.82) is 0 Å². The molecule has 0 saturated heterocycles. The predicted octanol–water partition coefficient (Wildman–Crippen LogP) is 3.60. The van der Waals surface area contributed by atoms with Crippen molar-refractivity contribution in [1.82, 2.24) is 0 Å².